The second-order valence-corrected chi connectivity index (χ2v) is 5.11. The third-order valence-electron chi connectivity index (χ3n) is 2.78. The zero-order valence-corrected chi connectivity index (χ0v) is 12.8. The van der Waals surface area contributed by atoms with Crippen molar-refractivity contribution < 1.29 is 9.84 Å². The molecule has 1 aromatic rings. The molecule has 0 aromatic heterocycles. The minimum absolute atomic E-state index is 0.201. The lowest BCUT2D eigenvalue weighted by Gasteiger charge is -2.22. The Morgan fingerprint density at radius 3 is 2.63 bits per heavy atom. The molecule has 0 aliphatic rings. The molecule has 0 aliphatic carbocycles. The van der Waals surface area contributed by atoms with E-state index < -0.39 is 0 Å². The SMILES string of the molecule is CCOCCN(CCCO)Cc1ccc(Cl)c(Cl)c1. The van der Waals surface area contributed by atoms with Gasteiger partial charge < -0.3 is 9.84 Å². The van der Waals surface area contributed by atoms with Crippen molar-refractivity contribution in [2.75, 3.05) is 32.9 Å². The van der Waals surface area contributed by atoms with Gasteiger partial charge in [-0.2, -0.15) is 0 Å². The number of ether oxygens (including phenoxy) is 1. The standard InChI is InChI=1S/C14H21Cl2NO2/c1-2-19-9-7-17(6-3-8-18)11-12-4-5-13(15)14(16)10-12/h4-5,10,18H,2-3,6-9,11H2,1H3. The first-order valence-electron chi connectivity index (χ1n) is 6.52. The number of benzene rings is 1. The predicted molar refractivity (Wildman–Crippen MR) is 79.9 cm³/mol. The molecule has 0 amide bonds. The molecule has 108 valence electrons. The van der Waals surface area contributed by atoms with Crippen LogP contribution in [-0.4, -0.2) is 42.9 Å². The fraction of sp³-hybridized carbons (Fsp3) is 0.571. The van der Waals surface area contributed by atoms with E-state index in [1.165, 1.54) is 0 Å². The smallest absolute Gasteiger partial charge is 0.0595 e. The summed E-state index contributed by atoms with van der Waals surface area (Å²) >= 11 is 11.9. The zero-order chi connectivity index (χ0) is 14.1. The van der Waals surface area contributed by atoms with Crippen LogP contribution in [0.3, 0.4) is 0 Å². The van der Waals surface area contributed by atoms with Gasteiger partial charge in [0.05, 0.1) is 16.7 Å². The Morgan fingerprint density at radius 1 is 1.21 bits per heavy atom. The quantitative estimate of drug-likeness (QED) is 0.711. The average molecular weight is 306 g/mol. The molecular formula is C14H21Cl2NO2. The van der Waals surface area contributed by atoms with Gasteiger partial charge in [0.25, 0.3) is 0 Å². The lowest BCUT2D eigenvalue weighted by Crippen LogP contribution is -2.29. The predicted octanol–water partition coefficient (Wildman–Crippen LogP) is 3.21. The topological polar surface area (TPSA) is 32.7 Å². The van der Waals surface area contributed by atoms with E-state index in [0.717, 1.165) is 38.2 Å². The van der Waals surface area contributed by atoms with E-state index in [1.54, 1.807) is 0 Å². The second-order valence-electron chi connectivity index (χ2n) is 4.30. The van der Waals surface area contributed by atoms with Gasteiger partial charge in [0.1, 0.15) is 0 Å². The van der Waals surface area contributed by atoms with Crippen LogP contribution in [0.25, 0.3) is 0 Å². The van der Waals surface area contributed by atoms with E-state index >= 15 is 0 Å². The minimum atomic E-state index is 0.201. The van der Waals surface area contributed by atoms with Crippen LogP contribution in [0.5, 0.6) is 0 Å². The summed E-state index contributed by atoms with van der Waals surface area (Å²) in [5.74, 6) is 0. The molecule has 0 bridgehead atoms. The lowest BCUT2D eigenvalue weighted by molar-refractivity contribution is 0.107. The van der Waals surface area contributed by atoms with Crippen LogP contribution >= 0.6 is 23.2 Å². The fourth-order valence-corrected chi connectivity index (χ4v) is 2.12. The van der Waals surface area contributed by atoms with Gasteiger partial charge in [-0.15, -0.1) is 0 Å². The first-order valence-corrected chi connectivity index (χ1v) is 7.27. The molecule has 1 aromatic carbocycles. The van der Waals surface area contributed by atoms with E-state index in [4.69, 9.17) is 33.0 Å². The molecule has 0 saturated heterocycles. The van der Waals surface area contributed by atoms with Gasteiger partial charge in [0.2, 0.25) is 0 Å². The van der Waals surface area contributed by atoms with Gasteiger partial charge in [-0.3, -0.25) is 4.90 Å². The van der Waals surface area contributed by atoms with Gasteiger partial charge in [0, 0.05) is 32.8 Å². The van der Waals surface area contributed by atoms with Crippen LogP contribution in [0.2, 0.25) is 10.0 Å². The summed E-state index contributed by atoms with van der Waals surface area (Å²) < 4.78 is 5.37. The summed E-state index contributed by atoms with van der Waals surface area (Å²) in [4.78, 5) is 2.24. The highest BCUT2D eigenvalue weighted by Crippen LogP contribution is 2.23. The summed E-state index contributed by atoms with van der Waals surface area (Å²) in [6, 6.07) is 5.67. The summed E-state index contributed by atoms with van der Waals surface area (Å²) in [5.41, 5.74) is 1.11. The van der Waals surface area contributed by atoms with Gasteiger partial charge in [-0.1, -0.05) is 29.3 Å². The normalized spacial score (nSPS) is 11.2. The third-order valence-corrected chi connectivity index (χ3v) is 3.52. The highest BCUT2D eigenvalue weighted by Gasteiger charge is 2.07. The molecule has 0 radical (unpaired) electrons. The number of halogens is 2. The zero-order valence-electron chi connectivity index (χ0n) is 11.2. The van der Waals surface area contributed by atoms with Crippen molar-refractivity contribution in [2.24, 2.45) is 0 Å². The van der Waals surface area contributed by atoms with Gasteiger partial charge in [-0.25, -0.2) is 0 Å². The number of aliphatic hydroxyl groups is 1. The third kappa shape index (κ3) is 6.59. The molecule has 0 aliphatic heterocycles. The van der Waals surface area contributed by atoms with Crippen LogP contribution in [0.4, 0.5) is 0 Å². The molecule has 0 saturated carbocycles. The van der Waals surface area contributed by atoms with Crippen molar-refractivity contribution in [3.8, 4) is 0 Å². The molecule has 0 heterocycles. The molecule has 0 spiro atoms. The maximum Gasteiger partial charge on any atom is 0.0595 e. The fourth-order valence-electron chi connectivity index (χ4n) is 1.80. The Balaban J connectivity index is 2.56. The van der Waals surface area contributed by atoms with Crippen molar-refractivity contribution in [2.45, 2.75) is 19.9 Å². The monoisotopic (exact) mass is 305 g/mol. The van der Waals surface area contributed by atoms with Crippen LogP contribution in [0.1, 0.15) is 18.9 Å². The van der Waals surface area contributed by atoms with E-state index in [1.807, 2.05) is 25.1 Å². The van der Waals surface area contributed by atoms with Crippen molar-refractivity contribution in [1.29, 1.82) is 0 Å². The first-order chi connectivity index (χ1) is 9.17. The summed E-state index contributed by atoms with van der Waals surface area (Å²) in [6.45, 7) is 6.06. The van der Waals surface area contributed by atoms with Crippen LogP contribution in [-0.2, 0) is 11.3 Å². The van der Waals surface area contributed by atoms with Crippen LogP contribution in [0.15, 0.2) is 18.2 Å². The number of aliphatic hydroxyl groups excluding tert-OH is 1. The van der Waals surface area contributed by atoms with Crippen molar-refractivity contribution in [3.05, 3.63) is 33.8 Å². The van der Waals surface area contributed by atoms with Gasteiger partial charge in [-0.05, 0) is 31.0 Å². The number of hydrogen-bond donors (Lipinski definition) is 1. The second kappa shape index (κ2) is 9.56. The van der Waals surface area contributed by atoms with Gasteiger partial charge in [0.15, 0.2) is 0 Å². The number of rotatable bonds is 9. The molecule has 1 N–H and O–H groups in total. The Labute approximate surface area is 125 Å². The van der Waals surface area contributed by atoms with E-state index in [0.29, 0.717) is 16.7 Å². The Hall–Kier alpha value is -0.320. The highest BCUT2D eigenvalue weighted by atomic mass is 35.5. The van der Waals surface area contributed by atoms with Crippen LogP contribution in [0, 0.1) is 0 Å². The summed E-state index contributed by atoms with van der Waals surface area (Å²) in [5, 5.41) is 10.1. The van der Waals surface area contributed by atoms with Crippen molar-refractivity contribution >= 4 is 23.2 Å². The summed E-state index contributed by atoms with van der Waals surface area (Å²) in [7, 11) is 0. The lowest BCUT2D eigenvalue weighted by atomic mass is 10.2. The van der Waals surface area contributed by atoms with Crippen molar-refractivity contribution in [1.82, 2.24) is 4.90 Å². The van der Waals surface area contributed by atoms with E-state index in [2.05, 4.69) is 4.90 Å². The average Bonchev–Trinajstić information content (AvgIpc) is 2.40. The molecule has 5 heteroatoms. The van der Waals surface area contributed by atoms with Crippen LogP contribution < -0.4 is 0 Å². The minimum Gasteiger partial charge on any atom is -0.396 e. The van der Waals surface area contributed by atoms with Gasteiger partial charge >= 0.3 is 0 Å². The highest BCUT2D eigenvalue weighted by molar-refractivity contribution is 6.42. The maximum absolute atomic E-state index is 8.94. The van der Waals surface area contributed by atoms with E-state index in [-0.39, 0.29) is 6.61 Å². The number of nitrogens with zero attached hydrogens (tertiary/aromatic N) is 1. The molecule has 1 rings (SSSR count). The first kappa shape index (κ1) is 16.7. The molecular weight excluding hydrogens is 285 g/mol. The molecule has 0 unspecified atom stereocenters. The molecule has 0 atom stereocenters. The molecule has 0 fully saturated rings. The van der Waals surface area contributed by atoms with Crippen molar-refractivity contribution in [3.63, 3.8) is 0 Å². The number of hydrogen-bond acceptors (Lipinski definition) is 3. The van der Waals surface area contributed by atoms with E-state index in [9.17, 15) is 0 Å². The maximum atomic E-state index is 8.94. The molecule has 19 heavy (non-hydrogen) atoms. The molecule has 3 nitrogen and oxygen atoms in total. The largest absolute Gasteiger partial charge is 0.396 e. The Bertz CT molecular complexity index is 374. The summed E-state index contributed by atoms with van der Waals surface area (Å²) in [6.07, 6.45) is 0.757. The Morgan fingerprint density at radius 2 is 2.00 bits per heavy atom. The Kier molecular flexibility index (Phi) is 8.42.